The van der Waals surface area contributed by atoms with E-state index in [-0.39, 0.29) is 23.3 Å². The minimum atomic E-state index is -1.03. The molecule has 0 saturated heterocycles. The van der Waals surface area contributed by atoms with E-state index in [9.17, 15) is 14.4 Å². The van der Waals surface area contributed by atoms with E-state index < -0.39 is 12.0 Å². The van der Waals surface area contributed by atoms with Crippen molar-refractivity contribution in [2.75, 3.05) is 11.9 Å². The molecule has 0 heterocycles. The van der Waals surface area contributed by atoms with Crippen LogP contribution in [-0.2, 0) is 16.0 Å². The third-order valence-corrected chi connectivity index (χ3v) is 5.87. The molecule has 1 saturated carbocycles. The average Bonchev–Trinajstić information content (AvgIpc) is 2.79. The number of carboxylic acids is 1. The predicted molar refractivity (Wildman–Crippen MR) is 119 cm³/mol. The van der Waals surface area contributed by atoms with Crippen molar-refractivity contribution in [2.24, 2.45) is 17.6 Å². The Morgan fingerprint density at radius 2 is 1.61 bits per heavy atom. The van der Waals surface area contributed by atoms with Crippen LogP contribution in [0.4, 0.5) is 5.69 Å². The van der Waals surface area contributed by atoms with Gasteiger partial charge in [-0.25, -0.2) is 4.79 Å². The lowest BCUT2D eigenvalue weighted by Gasteiger charge is -2.28. The van der Waals surface area contributed by atoms with E-state index >= 15 is 0 Å². The maximum atomic E-state index is 13.0. The van der Waals surface area contributed by atoms with E-state index in [2.05, 4.69) is 10.6 Å². The highest BCUT2D eigenvalue weighted by atomic mass is 16.4. The van der Waals surface area contributed by atoms with Crippen molar-refractivity contribution in [3.8, 4) is 0 Å². The number of carbonyl (C=O) groups excluding carboxylic acids is 2. The van der Waals surface area contributed by atoms with Crippen LogP contribution in [0.5, 0.6) is 0 Å². The Hall–Kier alpha value is -3.19. The van der Waals surface area contributed by atoms with Gasteiger partial charge in [0.05, 0.1) is 5.56 Å². The van der Waals surface area contributed by atoms with Crippen LogP contribution in [0.2, 0.25) is 0 Å². The van der Waals surface area contributed by atoms with Crippen LogP contribution in [0.15, 0.2) is 54.6 Å². The number of nitrogens with one attached hydrogen (secondary N) is 2. The fraction of sp³-hybridized carbons (Fsp3) is 0.375. The lowest BCUT2D eigenvalue weighted by Crippen LogP contribution is -2.48. The van der Waals surface area contributed by atoms with E-state index in [1.54, 1.807) is 0 Å². The van der Waals surface area contributed by atoms with Gasteiger partial charge in [-0.1, -0.05) is 30.3 Å². The number of carboxylic acid groups (broad SMARTS) is 1. The normalized spacial score (nSPS) is 19.3. The Balaban J connectivity index is 1.68. The van der Waals surface area contributed by atoms with Crippen LogP contribution in [0.3, 0.4) is 0 Å². The van der Waals surface area contributed by atoms with Crippen LogP contribution in [0.1, 0.15) is 41.6 Å². The number of hydrogen-bond donors (Lipinski definition) is 4. The topological polar surface area (TPSA) is 122 Å². The summed E-state index contributed by atoms with van der Waals surface area (Å²) in [5, 5.41) is 14.8. The Kier molecular flexibility index (Phi) is 7.78. The first kappa shape index (κ1) is 22.5. The SMILES string of the molecule is NCC1CCC(C(=O)N[C@@H](Cc2ccccc2)C(=O)Nc2ccc(C(=O)O)cc2)CC1. The summed E-state index contributed by atoms with van der Waals surface area (Å²) in [6.45, 7) is 0.647. The average molecular weight is 424 g/mol. The van der Waals surface area contributed by atoms with Gasteiger partial charge in [0.25, 0.3) is 0 Å². The van der Waals surface area contributed by atoms with E-state index in [1.807, 2.05) is 30.3 Å². The molecule has 7 nitrogen and oxygen atoms in total. The van der Waals surface area contributed by atoms with Crippen LogP contribution in [0.25, 0.3) is 0 Å². The zero-order chi connectivity index (χ0) is 22.2. The van der Waals surface area contributed by atoms with Crippen LogP contribution >= 0.6 is 0 Å². The molecule has 2 aromatic carbocycles. The molecule has 0 spiro atoms. The molecule has 0 unspecified atom stereocenters. The molecule has 0 aliphatic heterocycles. The summed E-state index contributed by atoms with van der Waals surface area (Å²) in [5.74, 6) is -1.11. The lowest BCUT2D eigenvalue weighted by molar-refractivity contribution is -0.130. The number of anilines is 1. The number of carbonyl (C=O) groups is 3. The second kappa shape index (κ2) is 10.7. The number of benzene rings is 2. The van der Waals surface area contributed by atoms with Gasteiger partial charge in [-0.05, 0) is 68.0 Å². The van der Waals surface area contributed by atoms with Crippen molar-refractivity contribution in [1.82, 2.24) is 5.32 Å². The van der Waals surface area contributed by atoms with E-state index in [1.165, 1.54) is 24.3 Å². The lowest BCUT2D eigenvalue weighted by atomic mass is 9.81. The molecule has 31 heavy (non-hydrogen) atoms. The maximum absolute atomic E-state index is 13.0. The highest BCUT2D eigenvalue weighted by Crippen LogP contribution is 2.28. The Morgan fingerprint density at radius 1 is 0.968 bits per heavy atom. The third kappa shape index (κ3) is 6.39. The number of aromatic carboxylic acids is 1. The van der Waals surface area contributed by atoms with Gasteiger partial charge >= 0.3 is 5.97 Å². The zero-order valence-corrected chi connectivity index (χ0v) is 17.4. The van der Waals surface area contributed by atoms with Gasteiger partial charge < -0.3 is 21.5 Å². The summed E-state index contributed by atoms with van der Waals surface area (Å²) in [6.07, 6.45) is 3.79. The van der Waals surface area contributed by atoms with Gasteiger partial charge in [-0.15, -0.1) is 0 Å². The first-order valence-corrected chi connectivity index (χ1v) is 10.6. The van der Waals surface area contributed by atoms with Crippen molar-refractivity contribution in [3.63, 3.8) is 0 Å². The van der Waals surface area contributed by atoms with Crippen LogP contribution in [-0.4, -0.2) is 35.5 Å². The summed E-state index contributed by atoms with van der Waals surface area (Å²) < 4.78 is 0. The predicted octanol–water partition coefficient (Wildman–Crippen LogP) is 2.82. The monoisotopic (exact) mass is 423 g/mol. The van der Waals surface area contributed by atoms with Crippen LogP contribution in [0, 0.1) is 11.8 Å². The van der Waals surface area contributed by atoms with Gasteiger partial charge in [0.2, 0.25) is 11.8 Å². The number of hydrogen-bond acceptors (Lipinski definition) is 4. The van der Waals surface area contributed by atoms with Crippen molar-refractivity contribution in [2.45, 2.75) is 38.1 Å². The van der Waals surface area contributed by atoms with Crippen molar-refractivity contribution < 1.29 is 19.5 Å². The van der Waals surface area contributed by atoms with E-state index in [0.29, 0.717) is 24.6 Å². The minimum absolute atomic E-state index is 0.104. The second-order valence-electron chi connectivity index (χ2n) is 8.08. The third-order valence-electron chi connectivity index (χ3n) is 5.87. The first-order chi connectivity index (χ1) is 15.0. The molecule has 7 heteroatoms. The molecule has 0 radical (unpaired) electrons. The molecule has 1 fully saturated rings. The molecular weight excluding hydrogens is 394 g/mol. The Labute approximate surface area is 182 Å². The molecule has 3 rings (SSSR count). The number of amides is 2. The van der Waals surface area contributed by atoms with E-state index in [4.69, 9.17) is 10.8 Å². The molecule has 0 aromatic heterocycles. The van der Waals surface area contributed by atoms with Gasteiger partial charge in [0.15, 0.2) is 0 Å². The standard InChI is InChI=1S/C24H29N3O4/c25-15-17-6-8-18(9-7-17)22(28)27-21(14-16-4-2-1-3-5-16)23(29)26-20-12-10-19(11-13-20)24(30)31/h1-5,10-13,17-18,21H,6-9,14-15,25H2,(H,26,29)(H,27,28)(H,30,31)/t17?,18?,21-/m0/s1. The first-order valence-electron chi connectivity index (χ1n) is 10.6. The summed E-state index contributed by atoms with van der Waals surface area (Å²) >= 11 is 0. The number of nitrogens with two attached hydrogens (primary N) is 1. The fourth-order valence-corrected chi connectivity index (χ4v) is 3.93. The quantitative estimate of drug-likeness (QED) is 0.520. The summed E-state index contributed by atoms with van der Waals surface area (Å²) in [6, 6.07) is 14.7. The van der Waals surface area contributed by atoms with Gasteiger partial charge in [-0.3, -0.25) is 9.59 Å². The maximum Gasteiger partial charge on any atom is 0.335 e. The summed E-state index contributed by atoms with van der Waals surface area (Å²) in [7, 11) is 0. The van der Waals surface area contributed by atoms with Crippen molar-refractivity contribution >= 4 is 23.5 Å². The van der Waals surface area contributed by atoms with Crippen molar-refractivity contribution in [3.05, 3.63) is 65.7 Å². The summed E-state index contributed by atoms with van der Waals surface area (Å²) in [4.78, 5) is 36.9. The van der Waals surface area contributed by atoms with Gasteiger partial charge in [0.1, 0.15) is 6.04 Å². The van der Waals surface area contributed by atoms with Gasteiger partial charge in [0, 0.05) is 18.0 Å². The minimum Gasteiger partial charge on any atom is -0.478 e. The highest BCUT2D eigenvalue weighted by molar-refractivity contribution is 5.98. The molecule has 0 bridgehead atoms. The molecule has 1 aliphatic carbocycles. The van der Waals surface area contributed by atoms with Crippen LogP contribution < -0.4 is 16.4 Å². The second-order valence-corrected chi connectivity index (χ2v) is 8.08. The highest BCUT2D eigenvalue weighted by Gasteiger charge is 2.29. The molecule has 5 N–H and O–H groups in total. The Bertz CT molecular complexity index is 891. The smallest absolute Gasteiger partial charge is 0.335 e. The molecule has 164 valence electrons. The number of rotatable bonds is 8. The molecule has 1 aliphatic rings. The fourth-order valence-electron chi connectivity index (χ4n) is 3.93. The summed E-state index contributed by atoms with van der Waals surface area (Å²) in [5.41, 5.74) is 7.30. The zero-order valence-electron chi connectivity index (χ0n) is 17.4. The molecule has 1 atom stereocenters. The largest absolute Gasteiger partial charge is 0.478 e. The molecular formula is C24H29N3O4. The van der Waals surface area contributed by atoms with E-state index in [0.717, 1.165) is 31.2 Å². The van der Waals surface area contributed by atoms with Crippen molar-refractivity contribution in [1.29, 1.82) is 0 Å². The molecule has 2 aromatic rings. The van der Waals surface area contributed by atoms with Gasteiger partial charge in [-0.2, -0.15) is 0 Å². The Morgan fingerprint density at radius 3 is 2.19 bits per heavy atom. The molecule has 2 amide bonds.